The Morgan fingerprint density at radius 3 is 2.68 bits per heavy atom. The minimum absolute atomic E-state index is 0.0406. The monoisotopic (exact) mass is 303 g/mol. The quantitative estimate of drug-likeness (QED) is 0.245. The summed E-state index contributed by atoms with van der Waals surface area (Å²) in [5, 5.41) is 29.9. The van der Waals surface area contributed by atoms with Gasteiger partial charge in [0.1, 0.15) is 10.3 Å². The lowest BCUT2D eigenvalue weighted by atomic mass is 10.2. The van der Waals surface area contributed by atoms with Crippen LogP contribution in [0.5, 0.6) is 0 Å². The first kappa shape index (κ1) is 15.8. The maximum atomic E-state index is 11.1. The number of nitro groups is 1. The number of nitro benzene ring substituents is 1. The average molecular weight is 303 g/mol. The minimum Gasteiger partial charge on any atom is -0.478 e. The molecule has 8 heteroatoms. The third-order valence-electron chi connectivity index (χ3n) is 2.43. The van der Waals surface area contributed by atoms with Gasteiger partial charge in [-0.2, -0.15) is 12.6 Å². The second kappa shape index (κ2) is 6.78. The molecular weight excluding hydrogens is 290 g/mol. The molecule has 1 aromatic rings. The lowest BCUT2D eigenvalue weighted by Gasteiger charge is -2.17. The van der Waals surface area contributed by atoms with Crippen LogP contribution >= 0.6 is 24.4 Å². The number of nitrogens with zero attached hydrogens (tertiary/aromatic N) is 1. The smallest absolute Gasteiger partial charge is 0.337 e. The Kier molecular flexibility index (Phi) is 5.64. The number of aromatic carboxylic acids is 1. The van der Waals surface area contributed by atoms with Gasteiger partial charge in [0.2, 0.25) is 0 Å². The van der Waals surface area contributed by atoms with E-state index in [-0.39, 0.29) is 22.1 Å². The molecule has 0 aliphatic heterocycles. The van der Waals surface area contributed by atoms with Crippen molar-refractivity contribution >= 4 is 36.0 Å². The molecule has 0 amide bonds. The van der Waals surface area contributed by atoms with E-state index in [1.54, 1.807) is 6.92 Å². The van der Waals surface area contributed by atoms with Crippen molar-refractivity contribution in [1.82, 2.24) is 0 Å². The van der Waals surface area contributed by atoms with Crippen molar-refractivity contribution in [3.8, 4) is 0 Å². The standard InChI is InChI=1S/C11H13NO5S2/c1-6(5-18)11(15)19-9-7(10(13)14)3-2-4-8(9)12(16)17/h2-4,6,11,15,18H,5H2,1H3,(H,13,14). The molecule has 2 unspecified atom stereocenters. The number of thiol groups is 1. The fourth-order valence-corrected chi connectivity index (χ4v) is 2.75. The normalized spacial score (nSPS) is 13.8. The number of carbonyl (C=O) groups is 1. The Morgan fingerprint density at radius 1 is 1.58 bits per heavy atom. The van der Waals surface area contributed by atoms with Gasteiger partial charge in [0.05, 0.1) is 10.5 Å². The maximum absolute atomic E-state index is 11.1. The second-order valence-corrected chi connectivity index (χ2v) is 5.38. The van der Waals surface area contributed by atoms with Crippen molar-refractivity contribution in [3.05, 3.63) is 33.9 Å². The van der Waals surface area contributed by atoms with Crippen molar-refractivity contribution in [1.29, 1.82) is 0 Å². The van der Waals surface area contributed by atoms with E-state index >= 15 is 0 Å². The lowest BCUT2D eigenvalue weighted by molar-refractivity contribution is -0.387. The molecule has 0 bridgehead atoms. The number of benzene rings is 1. The van der Waals surface area contributed by atoms with Crippen molar-refractivity contribution in [2.45, 2.75) is 17.3 Å². The predicted octanol–water partition coefficient (Wildman–Crippen LogP) is 2.27. The Morgan fingerprint density at radius 2 is 2.21 bits per heavy atom. The van der Waals surface area contributed by atoms with Crippen LogP contribution in [0, 0.1) is 16.0 Å². The van der Waals surface area contributed by atoms with Crippen LogP contribution in [-0.4, -0.2) is 32.3 Å². The van der Waals surface area contributed by atoms with Gasteiger partial charge in [0.15, 0.2) is 0 Å². The van der Waals surface area contributed by atoms with Gasteiger partial charge in [0, 0.05) is 12.0 Å². The van der Waals surface area contributed by atoms with E-state index in [1.807, 2.05) is 0 Å². The molecule has 0 fully saturated rings. The zero-order valence-electron chi connectivity index (χ0n) is 10.0. The number of hydrogen-bond donors (Lipinski definition) is 3. The highest BCUT2D eigenvalue weighted by Crippen LogP contribution is 2.36. The van der Waals surface area contributed by atoms with Gasteiger partial charge in [-0.3, -0.25) is 10.1 Å². The third kappa shape index (κ3) is 3.85. The summed E-state index contributed by atoms with van der Waals surface area (Å²) in [7, 11) is 0. The number of aliphatic hydroxyl groups excluding tert-OH is 1. The largest absolute Gasteiger partial charge is 0.478 e. The molecule has 0 saturated carbocycles. The molecule has 104 valence electrons. The molecule has 1 rings (SSSR count). The second-order valence-electron chi connectivity index (χ2n) is 3.88. The molecule has 0 aromatic heterocycles. The Hall–Kier alpha value is -1.25. The third-order valence-corrected chi connectivity index (χ3v) is 4.38. The molecule has 19 heavy (non-hydrogen) atoms. The summed E-state index contributed by atoms with van der Waals surface area (Å²) >= 11 is 4.80. The highest BCUT2D eigenvalue weighted by molar-refractivity contribution is 8.00. The van der Waals surface area contributed by atoms with Crippen LogP contribution in [0.15, 0.2) is 23.1 Å². The van der Waals surface area contributed by atoms with Crippen LogP contribution < -0.4 is 0 Å². The van der Waals surface area contributed by atoms with Crippen molar-refractivity contribution in [2.24, 2.45) is 5.92 Å². The molecule has 6 nitrogen and oxygen atoms in total. The summed E-state index contributed by atoms with van der Waals surface area (Å²) in [5.74, 6) is -1.11. The van der Waals surface area contributed by atoms with E-state index in [1.165, 1.54) is 18.2 Å². The molecule has 0 saturated heterocycles. The van der Waals surface area contributed by atoms with Crippen LogP contribution in [0.1, 0.15) is 17.3 Å². The molecule has 0 aliphatic carbocycles. The van der Waals surface area contributed by atoms with E-state index in [0.29, 0.717) is 5.75 Å². The Labute approximate surface area is 119 Å². The van der Waals surface area contributed by atoms with Crippen LogP contribution in [0.3, 0.4) is 0 Å². The van der Waals surface area contributed by atoms with E-state index in [4.69, 9.17) is 5.11 Å². The summed E-state index contributed by atoms with van der Waals surface area (Å²) in [6.07, 6.45) is 0. The Balaban J connectivity index is 3.22. The summed E-state index contributed by atoms with van der Waals surface area (Å²) in [6, 6.07) is 3.79. The van der Waals surface area contributed by atoms with Crippen LogP contribution in [0.2, 0.25) is 0 Å². The van der Waals surface area contributed by atoms with Gasteiger partial charge in [-0.05, 0) is 11.8 Å². The van der Waals surface area contributed by atoms with Gasteiger partial charge in [-0.15, -0.1) is 0 Å². The molecule has 0 radical (unpaired) electrons. The van der Waals surface area contributed by atoms with Crippen molar-refractivity contribution < 1.29 is 19.9 Å². The first-order chi connectivity index (χ1) is 8.88. The number of aliphatic hydroxyl groups is 1. The zero-order chi connectivity index (χ0) is 14.6. The zero-order valence-corrected chi connectivity index (χ0v) is 11.7. The highest BCUT2D eigenvalue weighted by atomic mass is 32.2. The van der Waals surface area contributed by atoms with E-state index in [9.17, 15) is 20.0 Å². The fraction of sp³-hybridized carbons (Fsp3) is 0.364. The van der Waals surface area contributed by atoms with Crippen LogP contribution in [-0.2, 0) is 0 Å². The molecule has 0 heterocycles. The minimum atomic E-state index is -1.27. The van der Waals surface area contributed by atoms with Gasteiger partial charge in [-0.25, -0.2) is 4.79 Å². The van der Waals surface area contributed by atoms with E-state index in [0.717, 1.165) is 11.8 Å². The van der Waals surface area contributed by atoms with Crippen LogP contribution in [0.25, 0.3) is 0 Å². The summed E-state index contributed by atoms with van der Waals surface area (Å²) in [6.45, 7) is 1.72. The van der Waals surface area contributed by atoms with Gasteiger partial charge in [-0.1, -0.05) is 24.8 Å². The van der Waals surface area contributed by atoms with Crippen molar-refractivity contribution in [2.75, 3.05) is 5.75 Å². The predicted molar refractivity (Wildman–Crippen MR) is 74.9 cm³/mol. The summed E-state index contributed by atoms with van der Waals surface area (Å²) in [5.41, 5.74) is -1.48. The molecule has 2 atom stereocenters. The molecular formula is C11H13NO5S2. The molecule has 0 aliphatic rings. The summed E-state index contributed by atoms with van der Waals surface area (Å²) < 4.78 is 0. The maximum Gasteiger partial charge on any atom is 0.337 e. The average Bonchev–Trinajstić information content (AvgIpc) is 2.37. The van der Waals surface area contributed by atoms with Crippen molar-refractivity contribution in [3.63, 3.8) is 0 Å². The van der Waals surface area contributed by atoms with E-state index in [2.05, 4.69) is 12.6 Å². The molecule has 0 spiro atoms. The molecule has 2 N–H and O–H groups in total. The topological polar surface area (TPSA) is 101 Å². The number of carboxylic acids is 1. The van der Waals surface area contributed by atoms with Gasteiger partial charge in [0.25, 0.3) is 5.69 Å². The number of hydrogen-bond acceptors (Lipinski definition) is 6. The number of rotatable bonds is 6. The number of carboxylic acid groups (broad SMARTS) is 1. The number of thioether (sulfide) groups is 1. The van der Waals surface area contributed by atoms with Gasteiger partial charge >= 0.3 is 5.97 Å². The Bertz CT molecular complexity index is 462. The molecule has 1 aromatic carbocycles. The van der Waals surface area contributed by atoms with E-state index < -0.39 is 16.3 Å². The lowest BCUT2D eigenvalue weighted by Crippen LogP contribution is -2.16. The first-order valence-corrected chi connectivity index (χ1v) is 6.86. The highest BCUT2D eigenvalue weighted by Gasteiger charge is 2.26. The first-order valence-electron chi connectivity index (χ1n) is 5.34. The fourth-order valence-electron chi connectivity index (χ4n) is 1.29. The van der Waals surface area contributed by atoms with Gasteiger partial charge < -0.3 is 10.2 Å². The summed E-state index contributed by atoms with van der Waals surface area (Å²) in [4.78, 5) is 21.3. The SMILES string of the molecule is CC(CS)C(O)Sc1c(C(=O)O)cccc1[N+](=O)[O-]. The van der Waals surface area contributed by atoms with Crippen LogP contribution in [0.4, 0.5) is 5.69 Å².